The van der Waals surface area contributed by atoms with E-state index in [0.29, 0.717) is 6.54 Å². The van der Waals surface area contributed by atoms with Gasteiger partial charge in [-0.15, -0.1) is 0 Å². The molecule has 0 aromatic heterocycles. The predicted molar refractivity (Wildman–Crippen MR) is 88.3 cm³/mol. The highest BCUT2D eigenvalue weighted by Crippen LogP contribution is 2.20. The number of aryl methyl sites for hydroxylation is 1. The summed E-state index contributed by atoms with van der Waals surface area (Å²) in [6, 6.07) is 5.50. The summed E-state index contributed by atoms with van der Waals surface area (Å²) in [6.07, 6.45) is -0.516. The van der Waals surface area contributed by atoms with Crippen molar-refractivity contribution < 1.29 is 9.84 Å². The number of aliphatic hydroxyl groups is 1. The third kappa shape index (κ3) is 7.14. The molecule has 0 bridgehead atoms. The van der Waals surface area contributed by atoms with Crippen LogP contribution in [-0.2, 0) is 0 Å². The van der Waals surface area contributed by atoms with Crippen molar-refractivity contribution >= 4 is 11.6 Å². The number of benzene rings is 1. The molecule has 0 saturated heterocycles. The van der Waals surface area contributed by atoms with E-state index in [1.54, 1.807) is 6.07 Å². The maximum absolute atomic E-state index is 9.89. The molecule has 1 atom stereocenters. The Labute approximate surface area is 133 Å². The molecule has 0 aliphatic rings. The van der Waals surface area contributed by atoms with Crippen molar-refractivity contribution in [2.24, 2.45) is 0 Å². The van der Waals surface area contributed by atoms with E-state index in [-0.39, 0.29) is 6.61 Å². The number of likely N-dealkylation sites (N-methyl/N-ethyl adjacent to an activating group) is 1. The number of hydrogen-bond acceptors (Lipinski definition) is 4. The van der Waals surface area contributed by atoms with Gasteiger partial charge >= 0.3 is 0 Å². The van der Waals surface area contributed by atoms with Gasteiger partial charge in [-0.05, 0) is 43.8 Å². The van der Waals surface area contributed by atoms with Crippen LogP contribution >= 0.6 is 11.6 Å². The monoisotopic (exact) mass is 314 g/mol. The lowest BCUT2D eigenvalue weighted by Gasteiger charge is -2.19. The Balaban J connectivity index is 2.19. The first-order valence-electron chi connectivity index (χ1n) is 7.56. The van der Waals surface area contributed by atoms with Gasteiger partial charge in [0.1, 0.15) is 18.5 Å². The SMILES string of the molecule is CCN(CC)CCNCC(O)COc1ccc(Cl)c(C)c1. The lowest BCUT2D eigenvalue weighted by atomic mass is 10.2. The Hall–Kier alpha value is -0.810. The fraction of sp³-hybridized carbons (Fsp3) is 0.625. The van der Waals surface area contributed by atoms with Crippen molar-refractivity contribution in [1.29, 1.82) is 0 Å². The number of nitrogens with one attached hydrogen (secondary N) is 1. The van der Waals surface area contributed by atoms with E-state index in [2.05, 4.69) is 24.1 Å². The number of hydrogen-bond donors (Lipinski definition) is 2. The fourth-order valence-electron chi connectivity index (χ4n) is 2.00. The number of aliphatic hydroxyl groups excluding tert-OH is 1. The molecule has 0 radical (unpaired) electrons. The van der Waals surface area contributed by atoms with Crippen molar-refractivity contribution in [2.75, 3.05) is 39.3 Å². The molecule has 1 rings (SSSR count). The van der Waals surface area contributed by atoms with Gasteiger partial charge in [0.05, 0.1) is 0 Å². The highest BCUT2D eigenvalue weighted by Gasteiger charge is 2.06. The number of halogens is 1. The van der Waals surface area contributed by atoms with Gasteiger partial charge in [-0.2, -0.15) is 0 Å². The Morgan fingerprint density at radius 1 is 1.33 bits per heavy atom. The van der Waals surface area contributed by atoms with E-state index >= 15 is 0 Å². The van der Waals surface area contributed by atoms with Gasteiger partial charge in [-0.1, -0.05) is 25.4 Å². The molecule has 21 heavy (non-hydrogen) atoms. The number of rotatable bonds is 10. The molecule has 0 fully saturated rings. The van der Waals surface area contributed by atoms with Crippen LogP contribution in [0.3, 0.4) is 0 Å². The van der Waals surface area contributed by atoms with Gasteiger partial charge in [0, 0.05) is 24.7 Å². The Morgan fingerprint density at radius 3 is 2.67 bits per heavy atom. The van der Waals surface area contributed by atoms with Gasteiger partial charge in [-0.25, -0.2) is 0 Å². The Morgan fingerprint density at radius 2 is 2.05 bits per heavy atom. The average Bonchev–Trinajstić information content (AvgIpc) is 2.48. The van der Waals surface area contributed by atoms with Crippen LogP contribution in [-0.4, -0.2) is 55.4 Å². The first-order valence-corrected chi connectivity index (χ1v) is 7.94. The van der Waals surface area contributed by atoms with Crippen LogP contribution in [0.25, 0.3) is 0 Å². The summed E-state index contributed by atoms with van der Waals surface area (Å²) in [7, 11) is 0. The van der Waals surface area contributed by atoms with Crippen LogP contribution in [0.15, 0.2) is 18.2 Å². The molecule has 2 N–H and O–H groups in total. The minimum atomic E-state index is -0.516. The lowest BCUT2D eigenvalue weighted by molar-refractivity contribution is 0.105. The topological polar surface area (TPSA) is 44.7 Å². The zero-order valence-electron chi connectivity index (χ0n) is 13.2. The highest BCUT2D eigenvalue weighted by molar-refractivity contribution is 6.31. The smallest absolute Gasteiger partial charge is 0.119 e. The highest BCUT2D eigenvalue weighted by atomic mass is 35.5. The third-order valence-electron chi connectivity index (χ3n) is 3.45. The van der Waals surface area contributed by atoms with Gasteiger partial charge in [0.2, 0.25) is 0 Å². The Kier molecular flexibility index (Phi) is 8.69. The van der Waals surface area contributed by atoms with Crippen molar-refractivity contribution in [3.63, 3.8) is 0 Å². The first kappa shape index (κ1) is 18.2. The van der Waals surface area contributed by atoms with Crippen LogP contribution in [0.4, 0.5) is 0 Å². The van der Waals surface area contributed by atoms with Crippen molar-refractivity contribution in [2.45, 2.75) is 26.9 Å². The molecule has 0 amide bonds. The van der Waals surface area contributed by atoms with Gasteiger partial charge in [0.15, 0.2) is 0 Å². The number of ether oxygens (including phenoxy) is 1. The molecule has 5 heteroatoms. The summed E-state index contributed by atoms with van der Waals surface area (Å²) in [5.74, 6) is 0.735. The molecule has 4 nitrogen and oxygen atoms in total. The van der Waals surface area contributed by atoms with Crippen molar-refractivity contribution in [1.82, 2.24) is 10.2 Å². The minimum absolute atomic E-state index is 0.277. The van der Waals surface area contributed by atoms with Crippen LogP contribution in [0.1, 0.15) is 19.4 Å². The van der Waals surface area contributed by atoms with E-state index in [0.717, 1.165) is 42.5 Å². The van der Waals surface area contributed by atoms with E-state index in [1.165, 1.54) is 0 Å². The molecule has 1 aromatic carbocycles. The second kappa shape index (κ2) is 10.0. The molecule has 120 valence electrons. The number of nitrogens with zero attached hydrogens (tertiary/aromatic N) is 1. The second-order valence-electron chi connectivity index (χ2n) is 5.11. The summed E-state index contributed by atoms with van der Waals surface area (Å²) < 4.78 is 5.57. The molecule has 1 aromatic rings. The molecule has 0 heterocycles. The van der Waals surface area contributed by atoms with Crippen LogP contribution in [0, 0.1) is 6.92 Å². The summed E-state index contributed by atoms with van der Waals surface area (Å²) >= 11 is 5.96. The second-order valence-corrected chi connectivity index (χ2v) is 5.51. The van der Waals surface area contributed by atoms with E-state index < -0.39 is 6.10 Å². The van der Waals surface area contributed by atoms with Gasteiger partial charge < -0.3 is 20.1 Å². The summed E-state index contributed by atoms with van der Waals surface area (Å²) in [5, 5.41) is 13.9. The van der Waals surface area contributed by atoms with E-state index in [4.69, 9.17) is 16.3 Å². The standard InChI is InChI=1S/C16H27ClN2O2/c1-4-19(5-2)9-8-18-11-14(20)12-21-15-6-7-16(17)13(3)10-15/h6-7,10,14,18,20H,4-5,8-9,11-12H2,1-3H3. The zero-order chi connectivity index (χ0) is 15.7. The average molecular weight is 315 g/mol. The van der Waals surface area contributed by atoms with Gasteiger partial charge in [0.25, 0.3) is 0 Å². The molecule has 0 saturated carbocycles. The fourth-order valence-corrected chi connectivity index (χ4v) is 2.12. The van der Waals surface area contributed by atoms with E-state index in [9.17, 15) is 5.11 Å². The van der Waals surface area contributed by atoms with Crippen molar-refractivity contribution in [3.05, 3.63) is 28.8 Å². The molecule has 0 aliphatic heterocycles. The maximum atomic E-state index is 9.89. The third-order valence-corrected chi connectivity index (χ3v) is 3.88. The zero-order valence-corrected chi connectivity index (χ0v) is 14.0. The normalized spacial score (nSPS) is 12.7. The quantitative estimate of drug-likeness (QED) is 0.651. The summed E-state index contributed by atoms with van der Waals surface area (Å²) in [4.78, 5) is 2.34. The molecular formula is C16H27ClN2O2. The van der Waals surface area contributed by atoms with Crippen LogP contribution < -0.4 is 10.1 Å². The van der Waals surface area contributed by atoms with Crippen molar-refractivity contribution in [3.8, 4) is 5.75 Å². The summed E-state index contributed by atoms with van der Waals surface area (Å²) in [6.45, 7) is 11.0. The molecule has 0 aliphatic carbocycles. The predicted octanol–water partition coefficient (Wildman–Crippen LogP) is 2.32. The molecule has 0 spiro atoms. The van der Waals surface area contributed by atoms with Crippen LogP contribution in [0.5, 0.6) is 5.75 Å². The largest absolute Gasteiger partial charge is 0.491 e. The molecular weight excluding hydrogens is 288 g/mol. The Bertz CT molecular complexity index is 411. The van der Waals surface area contributed by atoms with Crippen LogP contribution in [0.2, 0.25) is 5.02 Å². The maximum Gasteiger partial charge on any atom is 0.119 e. The van der Waals surface area contributed by atoms with E-state index in [1.807, 2.05) is 19.1 Å². The molecule has 1 unspecified atom stereocenters. The van der Waals surface area contributed by atoms with Gasteiger partial charge in [-0.3, -0.25) is 0 Å². The first-order chi connectivity index (χ1) is 10.1. The summed E-state index contributed by atoms with van der Waals surface area (Å²) in [5.41, 5.74) is 0.973. The lowest BCUT2D eigenvalue weighted by Crippen LogP contribution is -2.37. The minimum Gasteiger partial charge on any atom is -0.491 e.